The Hall–Kier alpha value is -1.83. The number of halogens is 3. The normalized spacial score (nSPS) is 16.1. The fourth-order valence-corrected chi connectivity index (χ4v) is 2.39. The number of hydrogen-bond donors (Lipinski definition) is 1. The summed E-state index contributed by atoms with van der Waals surface area (Å²) >= 11 is 0. The number of hydrogen-bond acceptors (Lipinski definition) is 4. The zero-order valence-corrected chi connectivity index (χ0v) is 11.3. The number of nitrogens with one attached hydrogen (secondary N) is 1. The summed E-state index contributed by atoms with van der Waals surface area (Å²) in [5.41, 5.74) is -1.68. The first-order valence-electron chi connectivity index (χ1n) is 6.70. The van der Waals surface area contributed by atoms with Gasteiger partial charge in [0.25, 0.3) is 5.69 Å². The molecular weight excluding hydrogens is 287 g/mol. The van der Waals surface area contributed by atoms with Crippen LogP contribution in [0.25, 0.3) is 0 Å². The van der Waals surface area contributed by atoms with E-state index in [0.717, 1.165) is 38.1 Å². The molecule has 1 saturated heterocycles. The summed E-state index contributed by atoms with van der Waals surface area (Å²) in [6.07, 6.45) is -2.39. The highest BCUT2D eigenvalue weighted by atomic mass is 19.4. The van der Waals surface area contributed by atoms with Gasteiger partial charge in [0, 0.05) is 30.9 Å². The average Bonchev–Trinajstić information content (AvgIpc) is 2.90. The van der Waals surface area contributed by atoms with E-state index in [-0.39, 0.29) is 5.69 Å². The first kappa shape index (κ1) is 15.6. The number of likely N-dealkylation sites (tertiary alicyclic amines) is 1. The Labute approximate surface area is 119 Å². The fraction of sp³-hybridized carbons (Fsp3) is 0.538. The van der Waals surface area contributed by atoms with Gasteiger partial charge >= 0.3 is 6.18 Å². The second-order valence-electron chi connectivity index (χ2n) is 4.96. The molecular formula is C13H16F3N3O2. The van der Waals surface area contributed by atoms with Gasteiger partial charge in [-0.3, -0.25) is 10.1 Å². The van der Waals surface area contributed by atoms with E-state index in [4.69, 9.17) is 0 Å². The molecule has 0 unspecified atom stereocenters. The van der Waals surface area contributed by atoms with Crippen molar-refractivity contribution in [1.29, 1.82) is 0 Å². The number of alkyl halides is 3. The minimum Gasteiger partial charge on any atom is -0.383 e. The summed E-state index contributed by atoms with van der Waals surface area (Å²) < 4.78 is 38.8. The van der Waals surface area contributed by atoms with Gasteiger partial charge in [-0.15, -0.1) is 0 Å². The van der Waals surface area contributed by atoms with E-state index in [1.54, 1.807) is 0 Å². The van der Waals surface area contributed by atoms with Gasteiger partial charge in [0.05, 0.1) is 10.5 Å². The smallest absolute Gasteiger partial charge is 0.383 e. The second kappa shape index (κ2) is 6.30. The van der Waals surface area contributed by atoms with Gasteiger partial charge in [0.15, 0.2) is 0 Å². The van der Waals surface area contributed by atoms with Gasteiger partial charge in [-0.05, 0) is 32.0 Å². The molecule has 5 nitrogen and oxygen atoms in total. The highest BCUT2D eigenvalue weighted by molar-refractivity contribution is 5.57. The number of nitrogens with zero attached hydrogens (tertiary/aromatic N) is 2. The molecule has 0 radical (unpaired) electrons. The highest BCUT2D eigenvalue weighted by Gasteiger charge is 2.35. The third kappa shape index (κ3) is 4.07. The van der Waals surface area contributed by atoms with Gasteiger partial charge in [0.1, 0.15) is 0 Å². The number of nitro groups is 1. The molecule has 0 amide bonds. The molecule has 8 heteroatoms. The second-order valence-corrected chi connectivity index (χ2v) is 4.96. The molecule has 1 aromatic rings. The first-order valence-corrected chi connectivity index (χ1v) is 6.70. The largest absolute Gasteiger partial charge is 0.418 e. The minimum absolute atomic E-state index is 0.118. The summed E-state index contributed by atoms with van der Waals surface area (Å²) in [5, 5.41) is 13.3. The van der Waals surface area contributed by atoms with Crippen LogP contribution in [0.1, 0.15) is 18.4 Å². The predicted molar refractivity (Wildman–Crippen MR) is 72.3 cm³/mol. The van der Waals surface area contributed by atoms with Crippen molar-refractivity contribution in [3.63, 3.8) is 0 Å². The molecule has 1 heterocycles. The van der Waals surface area contributed by atoms with E-state index < -0.39 is 22.4 Å². The molecule has 0 aliphatic carbocycles. The molecule has 1 aromatic carbocycles. The maximum absolute atomic E-state index is 12.9. The van der Waals surface area contributed by atoms with Crippen molar-refractivity contribution in [2.45, 2.75) is 19.0 Å². The Morgan fingerprint density at radius 1 is 1.29 bits per heavy atom. The number of rotatable bonds is 5. The molecule has 116 valence electrons. The summed E-state index contributed by atoms with van der Waals surface area (Å²) in [5.74, 6) is 0. The Kier molecular flexibility index (Phi) is 4.66. The molecule has 1 aliphatic heterocycles. The van der Waals surface area contributed by atoms with Crippen molar-refractivity contribution < 1.29 is 18.1 Å². The Morgan fingerprint density at radius 3 is 2.52 bits per heavy atom. The number of non-ortho nitro benzene ring substituents is 1. The molecule has 0 spiro atoms. The summed E-state index contributed by atoms with van der Waals surface area (Å²) in [4.78, 5) is 11.9. The van der Waals surface area contributed by atoms with Crippen LogP contribution in [0.15, 0.2) is 18.2 Å². The Morgan fingerprint density at radius 2 is 1.95 bits per heavy atom. The average molecular weight is 303 g/mol. The molecule has 1 N–H and O–H groups in total. The standard InChI is InChI=1S/C13H16F3N3O2/c14-13(15,16)11-9-10(19(20)21)3-4-12(11)17-5-8-18-6-1-2-7-18/h3-4,9,17H,1-2,5-8H2. The number of nitro benzene ring substituents is 1. The van der Waals surface area contributed by atoms with E-state index >= 15 is 0 Å². The van der Waals surface area contributed by atoms with E-state index in [1.807, 2.05) is 0 Å². The van der Waals surface area contributed by atoms with E-state index in [2.05, 4.69) is 10.2 Å². The van der Waals surface area contributed by atoms with Crippen LogP contribution in [0.4, 0.5) is 24.5 Å². The molecule has 0 aromatic heterocycles. The van der Waals surface area contributed by atoms with Crippen LogP contribution in [0.5, 0.6) is 0 Å². The summed E-state index contributed by atoms with van der Waals surface area (Å²) in [7, 11) is 0. The van der Waals surface area contributed by atoms with Crippen LogP contribution in [0.3, 0.4) is 0 Å². The van der Waals surface area contributed by atoms with Gasteiger partial charge < -0.3 is 10.2 Å². The maximum Gasteiger partial charge on any atom is 0.418 e. The van der Waals surface area contributed by atoms with Crippen LogP contribution < -0.4 is 5.32 Å². The highest BCUT2D eigenvalue weighted by Crippen LogP contribution is 2.36. The van der Waals surface area contributed by atoms with Crippen molar-refractivity contribution in [2.75, 3.05) is 31.5 Å². The molecule has 21 heavy (non-hydrogen) atoms. The zero-order valence-electron chi connectivity index (χ0n) is 11.3. The third-order valence-corrected chi connectivity index (χ3v) is 3.46. The third-order valence-electron chi connectivity index (χ3n) is 3.46. The van der Waals surface area contributed by atoms with Crippen molar-refractivity contribution in [2.24, 2.45) is 0 Å². The van der Waals surface area contributed by atoms with Crippen molar-refractivity contribution in [1.82, 2.24) is 4.90 Å². The Balaban J connectivity index is 2.08. The lowest BCUT2D eigenvalue weighted by molar-refractivity contribution is -0.385. The van der Waals surface area contributed by atoms with Crippen LogP contribution in [0.2, 0.25) is 0 Å². The molecule has 0 saturated carbocycles. The minimum atomic E-state index is -4.62. The quantitative estimate of drug-likeness (QED) is 0.670. The predicted octanol–water partition coefficient (Wildman–Crippen LogP) is 3.12. The Bertz CT molecular complexity index is 514. The first-order chi connectivity index (χ1) is 9.88. The molecule has 0 bridgehead atoms. The summed E-state index contributed by atoms with van der Waals surface area (Å²) in [6, 6.07) is 2.76. The van der Waals surface area contributed by atoms with Crippen LogP contribution in [0, 0.1) is 10.1 Å². The van der Waals surface area contributed by atoms with Gasteiger partial charge in [0.2, 0.25) is 0 Å². The molecule has 0 atom stereocenters. The van der Waals surface area contributed by atoms with Crippen molar-refractivity contribution >= 4 is 11.4 Å². The lowest BCUT2D eigenvalue weighted by Crippen LogP contribution is -2.26. The van der Waals surface area contributed by atoms with E-state index in [0.29, 0.717) is 19.2 Å². The van der Waals surface area contributed by atoms with E-state index in [1.165, 1.54) is 0 Å². The van der Waals surface area contributed by atoms with Crippen LogP contribution in [-0.2, 0) is 6.18 Å². The van der Waals surface area contributed by atoms with Gasteiger partial charge in [-0.1, -0.05) is 0 Å². The SMILES string of the molecule is O=[N+]([O-])c1ccc(NCCN2CCCC2)c(C(F)(F)F)c1. The van der Waals surface area contributed by atoms with Crippen molar-refractivity contribution in [3.8, 4) is 0 Å². The lowest BCUT2D eigenvalue weighted by atomic mass is 10.1. The zero-order chi connectivity index (χ0) is 15.5. The van der Waals surface area contributed by atoms with Gasteiger partial charge in [-0.2, -0.15) is 13.2 Å². The van der Waals surface area contributed by atoms with E-state index in [9.17, 15) is 23.3 Å². The molecule has 1 aliphatic rings. The topological polar surface area (TPSA) is 58.4 Å². The molecule has 2 rings (SSSR count). The van der Waals surface area contributed by atoms with Crippen molar-refractivity contribution in [3.05, 3.63) is 33.9 Å². The monoisotopic (exact) mass is 303 g/mol. The van der Waals surface area contributed by atoms with Gasteiger partial charge in [-0.25, -0.2) is 0 Å². The lowest BCUT2D eigenvalue weighted by Gasteiger charge is -2.18. The summed E-state index contributed by atoms with van der Waals surface area (Å²) in [6.45, 7) is 2.97. The fourth-order valence-electron chi connectivity index (χ4n) is 2.39. The number of benzene rings is 1. The number of anilines is 1. The van der Waals surface area contributed by atoms with Crippen LogP contribution in [-0.4, -0.2) is 36.0 Å². The maximum atomic E-state index is 12.9. The van der Waals surface area contributed by atoms with Crippen LogP contribution >= 0.6 is 0 Å². The molecule has 1 fully saturated rings.